The molecule has 4 aromatic rings. The molecule has 0 spiro atoms. The normalized spacial score (nSPS) is 10.6. The van der Waals surface area contributed by atoms with Crippen molar-refractivity contribution in [1.29, 1.82) is 5.26 Å². The van der Waals surface area contributed by atoms with Gasteiger partial charge in [-0.2, -0.15) is 5.26 Å². The minimum atomic E-state index is -0.283. The summed E-state index contributed by atoms with van der Waals surface area (Å²) in [4.78, 5) is 0. The van der Waals surface area contributed by atoms with Gasteiger partial charge in [-0.25, -0.2) is 4.39 Å². The molecular formula is C23H17FN4S. The summed E-state index contributed by atoms with van der Waals surface area (Å²) in [6.45, 7) is 0. The van der Waals surface area contributed by atoms with Crippen molar-refractivity contribution >= 4 is 11.8 Å². The summed E-state index contributed by atoms with van der Waals surface area (Å²) in [5, 5.41) is 18.6. The highest BCUT2D eigenvalue weighted by molar-refractivity contribution is 7.98. The molecule has 0 aliphatic rings. The Morgan fingerprint density at radius 1 is 0.897 bits per heavy atom. The van der Waals surface area contributed by atoms with E-state index in [0.717, 1.165) is 27.8 Å². The minimum Gasteiger partial charge on any atom is -0.274 e. The quantitative estimate of drug-likeness (QED) is 0.420. The summed E-state index contributed by atoms with van der Waals surface area (Å²) in [5.41, 5.74) is 3.61. The Kier molecular flexibility index (Phi) is 5.68. The molecule has 0 amide bonds. The summed E-state index contributed by atoms with van der Waals surface area (Å²) < 4.78 is 15.4. The lowest BCUT2D eigenvalue weighted by Gasteiger charge is -2.10. The molecule has 0 saturated heterocycles. The first-order valence-electron chi connectivity index (χ1n) is 9.09. The molecule has 0 aliphatic carbocycles. The van der Waals surface area contributed by atoms with Gasteiger partial charge in [0.25, 0.3) is 0 Å². The van der Waals surface area contributed by atoms with Crippen LogP contribution in [0.5, 0.6) is 0 Å². The third-order valence-electron chi connectivity index (χ3n) is 4.41. The summed E-state index contributed by atoms with van der Waals surface area (Å²) in [6.07, 6.45) is 0.621. The largest absolute Gasteiger partial charge is 0.274 e. The van der Waals surface area contributed by atoms with Gasteiger partial charge in [-0.1, -0.05) is 54.2 Å². The number of nitrogens with zero attached hydrogens (tertiary/aromatic N) is 4. The Hall–Kier alpha value is -3.43. The van der Waals surface area contributed by atoms with Gasteiger partial charge in [0, 0.05) is 17.9 Å². The number of hydrogen-bond donors (Lipinski definition) is 0. The van der Waals surface area contributed by atoms with Crippen molar-refractivity contribution in [1.82, 2.24) is 14.8 Å². The van der Waals surface area contributed by atoms with Crippen molar-refractivity contribution in [2.75, 3.05) is 0 Å². The van der Waals surface area contributed by atoms with Gasteiger partial charge in [0.1, 0.15) is 11.6 Å². The number of nitriles is 1. The zero-order chi connectivity index (χ0) is 20.1. The monoisotopic (exact) mass is 400 g/mol. The van der Waals surface area contributed by atoms with Crippen LogP contribution in [0.15, 0.2) is 84.0 Å². The zero-order valence-corrected chi connectivity index (χ0v) is 16.3. The first kappa shape index (κ1) is 18.9. The van der Waals surface area contributed by atoms with Crippen molar-refractivity contribution in [3.05, 3.63) is 107 Å². The molecule has 4 rings (SSSR count). The number of thioether (sulfide) groups is 1. The van der Waals surface area contributed by atoms with Gasteiger partial charge in [0.2, 0.25) is 0 Å². The van der Waals surface area contributed by atoms with Gasteiger partial charge in [-0.15, -0.1) is 10.2 Å². The lowest BCUT2D eigenvalue weighted by Crippen LogP contribution is -2.04. The van der Waals surface area contributed by atoms with E-state index in [1.165, 1.54) is 23.9 Å². The van der Waals surface area contributed by atoms with Crippen LogP contribution in [0.25, 0.3) is 5.69 Å². The third-order valence-corrected chi connectivity index (χ3v) is 5.41. The molecule has 29 heavy (non-hydrogen) atoms. The number of benzene rings is 3. The second-order valence-corrected chi connectivity index (χ2v) is 7.42. The highest BCUT2D eigenvalue weighted by Crippen LogP contribution is 2.26. The van der Waals surface area contributed by atoms with E-state index in [-0.39, 0.29) is 5.82 Å². The Morgan fingerprint density at radius 2 is 1.66 bits per heavy atom. The van der Waals surface area contributed by atoms with Crippen LogP contribution in [0, 0.1) is 17.1 Å². The fourth-order valence-corrected chi connectivity index (χ4v) is 3.93. The molecule has 0 bridgehead atoms. The molecule has 0 aliphatic heterocycles. The molecule has 142 valence electrons. The van der Waals surface area contributed by atoms with E-state index in [0.29, 0.717) is 17.7 Å². The lowest BCUT2D eigenvalue weighted by molar-refractivity contribution is 0.627. The van der Waals surface area contributed by atoms with Crippen LogP contribution in [0.3, 0.4) is 0 Å². The van der Waals surface area contributed by atoms with E-state index in [1.54, 1.807) is 18.2 Å². The minimum absolute atomic E-state index is 0.283. The van der Waals surface area contributed by atoms with Gasteiger partial charge in [-0.05, 0) is 47.5 Å². The molecule has 0 unspecified atom stereocenters. The van der Waals surface area contributed by atoms with Gasteiger partial charge in [0.05, 0.1) is 11.6 Å². The maximum absolute atomic E-state index is 13.4. The summed E-state index contributed by atoms with van der Waals surface area (Å²) in [7, 11) is 0. The summed E-state index contributed by atoms with van der Waals surface area (Å²) >= 11 is 1.54. The number of rotatable bonds is 6. The van der Waals surface area contributed by atoms with Crippen molar-refractivity contribution in [2.45, 2.75) is 17.3 Å². The Morgan fingerprint density at radius 3 is 2.41 bits per heavy atom. The molecule has 3 aromatic carbocycles. The second-order valence-electron chi connectivity index (χ2n) is 6.47. The van der Waals surface area contributed by atoms with Gasteiger partial charge in [-0.3, -0.25) is 4.57 Å². The first-order chi connectivity index (χ1) is 14.2. The highest BCUT2D eigenvalue weighted by atomic mass is 32.2. The van der Waals surface area contributed by atoms with Crippen LogP contribution in [0.2, 0.25) is 0 Å². The predicted molar refractivity (Wildman–Crippen MR) is 111 cm³/mol. The van der Waals surface area contributed by atoms with Gasteiger partial charge < -0.3 is 0 Å². The van der Waals surface area contributed by atoms with Crippen LogP contribution >= 0.6 is 11.8 Å². The van der Waals surface area contributed by atoms with E-state index in [4.69, 9.17) is 5.26 Å². The van der Waals surface area contributed by atoms with Crippen molar-refractivity contribution < 1.29 is 4.39 Å². The second kappa shape index (κ2) is 8.72. The molecule has 1 aromatic heterocycles. The summed E-state index contributed by atoms with van der Waals surface area (Å²) in [5.74, 6) is 1.16. The average Bonchev–Trinajstić information content (AvgIpc) is 3.16. The van der Waals surface area contributed by atoms with E-state index in [1.807, 2.05) is 53.1 Å². The predicted octanol–water partition coefficient (Wildman–Crippen LogP) is 5.16. The number of aromatic nitrogens is 3. The van der Waals surface area contributed by atoms with Crippen molar-refractivity contribution in [3.63, 3.8) is 0 Å². The van der Waals surface area contributed by atoms with Gasteiger partial charge >= 0.3 is 0 Å². The smallest absolute Gasteiger partial charge is 0.196 e. The Bertz CT molecular complexity index is 1150. The Balaban J connectivity index is 1.65. The standard InChI is InChI=1S/C23H17FN4S/c24-20-9-11-21(12-10-20)28-22(14-17-5-2-1-3-6-17)26-27-23(28)29-16-19-8-4-7-18(13-19)15-25/h1-13H,14,16H2. The van der Waals surface area contributed by atoms with Crippen LogP contribution in [0.1, 0.15) is 22.5 Å². The van der Waals surface area contributed by atoms with Gasteiger partial charge in [0.15, 0.2) is 5.16 Å². The number of halogens is 1. The van der Waals surface area contributed by atoms with E-state index >= 15 is 0 Å². The maximum atomic E-state index is 13.4. The van der Waals surface area contributed by atoms with Crippen LogP contribution in [-0.2, 0) is 12.2 Å². The van der Waals surface area contributed by atoms with Crippen molar-refractivity contribution in [3.8, 4) is 11.8 Å². The van der Waals surface area contributed by atoms with Crippen LogP contribution < -0.4 is 0 Å². The first-order valence-corrected chi connectivity index (χ1v) is 10.1. The molecule has 0 saturated carbocycles. The summed E-state index contributed by atoms with van der Waals surface area (Å²) in [6, 6.07) is 26.1. The third kappa shape index (κ3) is 4.53. The molecule has 0 N–H and O–H groups in total. The lowest BCUT2D eigenvalue weighted by atomic mass is 10.1. The fourth-order valence-electron chi connectivity index (χ4n) is 3.01. The molecule has 0 radical (unpaired) electrons. The highest BCUT2D eigenvalue weighted by Gasteiger charge is 2.15. The molecule has 0 atom stereocenters. The average molecular weight is 400 g/mol. The maximum Gasteiger partial charge on any atom is 0.196 e. The molecular weight excluding hydrogens is 383 g/mol. The zero-order valence-electron chi connectivity index (χ0n) is 15.5. The topological polar surface area (TPSA) is 54.5 Å². The molecule has 6 heteroatoms. The molecule has 4 nitrogen and oxygen atoms in total. The SMILES string of the molecule is N#Cc1cccc(CSc2nnc(Cc3ccccc3)n2-c2ccc(F)cc2)c1. The van der Waals surface area contributed by atoms with E-state index in [2.05, 4.69) is 16.3 Å². The van der Waals surface area contributed by atoms with Crippen LogP contribution in [-0.4, -0.2) is 14.8 Å². The van der Waals surface area contributed by atoms with E-state index in [9.17, 15) is 4.39 Å². The molecule has 1 heterocycles. The molecule has 0 fully saturated rings. The number of hydrogen-bond acceptors (Lipinski definition) is 4. The fraction of sp³-hybridized carbons (Fsp3) is 0.0870. The van der Waals surface area contributed by atoms with E-state index < -0.39 is 0 Å². The van der Waals surface area contributed by atoms with Crippen LogP contribution in [0.4, 0.5) is 4.39 Å². The van der Waals surface area contributed by atoms with Crippen molar-refractivity contribution in [2.24, 2.45) is 0 Å². The Labute approximate surface area is 172 Å².